The van der Waals surface area contributed by atoms with Crippen molar-refractivity contribution in [3.8, 4) is 17.6 Å². The van der Waals surface area contributed by atoms with E-state index in [0.29, 0.717) is 18.7 Å². The Balaban J connectivity index is 2.08. The van der Waals surface area contributed by atoms with Crippen LogP contribution in [0.1, 0.15) is 24.0 Å². The molecule has 1 amide bonds. The molecule has 0 spiro atoms. The number of anilines is 1. The molecule has 0 unspecified atom stereocenters. The Kier molecular flexibility index (Phi) is 6.79. The molecule has 0 atom stereocenters. The summed E-state index contributed by atoms with van der Waals surface area (Å²) in [6.45, 7) is 0.469. The maximum absolute atomic E-state index is 12.6. The molecule has 0 bridgehead atoms. The van der Waals surface area contributed by atoms with Crippen molar-refractivity contribution in [2.24, 2.45) is 0 Å². The van der Waals surface area contributed by atoms with Crippen molar-refractivity contribution in [3.63, 3.8) is 0 Å². The molecule has 0 saturated heterocycles. The van der Waals surface area contributed by atoms with Gasteiger partial charge in [0, 0.05) is 25.8 Å². The third kappa shape index (κ3) is 6.01. The number of amides is 1. The normalized spacial score (nSPS) is 10.9. The third-order valence-corrected chi connectivity index (χ3v) is 3.55. The van der Waals surface area contributed by atoms with E-state index in [1.165, 1.54) is 24.3 Å². The fourth-order valence-corrected chi connectivity index (χ4v) is 2.22. The van der Waals surface area contributed by atoms with Crippen molar-refractivity contribution in [1.29, 1.82) is 5.26 Å². The van der Waals surface area contributed by atoms with Crippen LogP contribution in [0, 0.1) is 11.3 Å². The number of nitriles is 1. The van der Waals surface area contributed by atoms with Gasteiger partial charge in [-0.3, -0.25) is 4.79 Å². The van der Waals surface area contributed by atoms with Crippen LogP contribution in [0.2, 0.25) is 0 Å². The van der Waals surface area contributed by atoms with Gasteiger partial charge < -0.3 is 14.8 Å². The molecule has 2 aromatic carbocycles. The SMILES string of the molecule is COCCCC(=O)Nc1ccc(Oc2ccc(C(F)(F)F)cc2)c(C#N)c1. The number of halogens is 3. The number of nitrogens with zero attached hydrogens (tertiary/aromatic N) is 1. The zero-order valence-corrected chi connectivity index (χ0v) is 14.5. The molecular formula is C19H17F3N2O3. The zero-order chi connectivity index (χ0) is 19.9. The number of hydrogen-bond donors (Lipinski definition) is 1. The molecule has 2 aromatic rings. The summed E-state index contributed by atoms with van der Waals surface area (Å²) in [7, 11) is 1.55. The smallest absolute Gasteiger partial charge is 0.416 e. The van der Waals surface area contributed by atoms with Crippen LogP contribution in [-0.4, -0.2) is 19.6 Å². The predicted octanol–water partition coefficient (Wildman–Crippen LogP) is 4.73. The standard InChI is InChI=1S/C19H17F3N2O3/c1-26-10-2-3-18(25)24-15-6-9-17(13(11-15)12-23)27-16-7-4-14(5-8-16)19(20,21)22/h4-9,11H,2-3,10H2,1H3,(H,24,25). The Bertz CT molecular complexity index is 828. The van der Waals surface area contributed by atoms with E-state index >= 15 is 0 Å². The van der Waals surface area contributed by atoms with Gasteiger partial charge in [-0.1, -0.05) is 0 Å². The van der Waals surface area contributed by atoms with E-state index in [9.17, 15) is 23.2 Å². The minimum atomic E-state index is -4.43. The van der Waals surface area contributed by atoms with Crippen molar-refractivity contribution in [1.82, 2.24) is 0 Å². The van der Waals surface area contributed by atoms with Crippen molar-refractivity contribution in [2.75, 3.05) is 19.0 Å². The van der Waals surface area contributed by atoms with E-state index in [2.05, 4.69) is 5.32 Å². The number of hydrogen-bond acceptors (Lipinski definition) is 4. The fraction of sp³-hybridized carbons (Fsp3) is 0.263. The van der Waals surface area contributed by atoms with E-state index in [-0.39, 0.29) is 29.4 Å². The molecule has 0 aliphatic rings. The quantitative estimate of drug-likeness (QED) is 0.707. The van der Waals surface area contributed by atoms with Crippen LogP contribution in [0.3, 0.4) is 0 Å². The lowest BCUT2D eigenvalue weighted by Crippen LogP contribution is -2.12. The van der Waals surface area contributed by atoms with Gasteiger partial charge in [0.1, 0.15) is 17.6 Å². The lowest BCUT2D eigenvalue weighted by atomic mass is 10.1. The average Bonchev–Trinajstić information content (AvgIpc) is 2.63. The monoisotopic (exact) mass is 378 g/mol. The summed E-state index contributed by atoms with van der Waals surface area (Å²) in [6.07, 6.45) is -3.58. The van der Waals surface area contributed by atoms with E-state index in [4.69, 9.17) is 9.47 Å². The highest BCUT2D eigenvalue weighted by Gasteiger charge is 2.30. The van der Waals surface area contributed by atoms with Gasteiger partial charge in [-0.05, 0) is 48.9 Å². The summed E-state index contributed by atoms with van der Waals surface area (Å²) in [5.41, 5.74) is -0.222. The first-order valence-corrected chi connectivity index (χ1v) is 8.01. The van der Waals surface area contributed by atoms with Crippen molar-refractivity contribution < 1.29 is 27.4 Å². The molecule has 5 nitrogen and oxygen atoms in total. The molecular weight excluding hydrogens is 361 g/mol. The average molecular weight is 378 g/mol. The van der Waals surface area contributed by atoms with Crippen molar-refractivity contribution in [2.45, 2.75) is 19.0 Å². The van der Waals surface area contributed by atoms with Crippen LogP contribution in [0.4, 0.5) is 18.9 Å². The fourth-order valence-electron chi connectivity index (χ4n) is 2.22. The molecule has 0 heterocycles. The molecule has 8 heteroatoms. The second-order valence-electron chi connectivity index (χ2n) is 5.59. The first kappa shape index (κ1) is 20.3. The first-order valence-electron chi connectivity index (χ1n) is 8.01. The maximum Gasteiger partial charge on any atom is 0.416 e. The maximum atomic E-state index is 12.6. The number of nitrogens with one attached hydrogen (secondary N) is 1. The largest absolute Gasteiger partial charge is 0.456 e. The van der Waals surface area contributed by atoms with E-state index < -0.39 is 11.7 Å². The highest BCUT2D eigenvalue weighted by Crippen LogP contribution is 2.32. The predicted molar refractivity (Wildman–Crippen MR) is 92.4 cm³/mol. The van der Waals surface area contributed by atoms with Gasteiger partial charge in [0.2, 0.25) is 5.91 Å². The van der Waals surface area contributed by atoms with Crippen LogP contribution in [0.5, 0.6) is 11.5 Å². The molecule has 1 N–H and O–H groups in total. The molecule has 0 aromatic heterocycles. The number of methoxy groups -OCH3 is 1. The van der Waals surface area contributed by atoms with Crippen LogP contribution in [0.15, 0.2) is 42.5 Å². The number of rotatable bonds is 7. The lowest BCUT2D eigenvalue weighted by Gasteiger charge is -2.11. The molecule has 2 rings (SSSR count). The Morgan fingerprint density at radius 2 is 1.89 bits per heavy atom. The van der Waals surface area contributed by atoms with Gasteiger partial charge in [0.25, 0.3) is 0 Å². The number of carbonyl (C=O) groups is 1. The number of carbonyl (C=O) groups excluding carboxylic acids is 1. The van der Waals surface area contributed by atoms with Crippen LogP contribution < -0.4 is 10.1 Å². The minimum Gasteiger partial charge on any atom is -0.456 e. The Hall–Kier alpha value is -3.05. The van der Waals surface area contributed by atoms with Crippen LogP contribution in [-0.2, 0) is 15.7 Å². The van der Waals surface area contributed by atoms with Crippen molar-refractivity contribution in [3.05, 3.63) is 53.6 Å². The first-order chi connectivity index (χ1) is 12.8. The summed E-state index contributed by atoms with van der Waals surface area (Å²) in [5.74, 6) is 0.123. The summed E-state index contributed by atoms with van der Waals surface area (Å²) in [4.78, 5) is 11.8. The van der Waals surface area contributed by atoms with Gasteiger partial charge in [-0.25, -0.2) is 0 Å². The minimum absolute atomic E-state index is 0.143. The molecule has 0 radical (unpaired) electrons. The second kappa shape index (κ2) is 9.05. The molecule has 0 fully saturated rings. The van der Waals surface area contributed by atoms with Gasteiger partial charge in [0.15, 0.2) is 0 Å². The summed E-state index contributed by atoms with van der Waals surface area (Å²) >= 11 is 0. The Morgan fingerprint density at radius 3 is 2.48 bits per heavy atom. The molecule has 142 valence electrons. The van der Waals surface area contributed by atoms with Crippen LogP contribution >= 0.6 is 0 Å². The molecule has 0 aliphatic carbocycles. The number of benzene rings is 2. The van der Waals surface area contributed by atoms with Gasteiger partial charge >= 0.3 is 6.18 Å². The van der Waals surface area contributed by atoms with Crippen LogP contribution in [0.25, 0.3) is 0 Å². The molecule has 0 aliphatic heterocycles. The van der Waals surface area contributed by atoms with Gasteiger partial charge in [0.05, 0.1) is 11.1 Å². The zero-order valence-electron chi connectivity index (χ0n) is 14.5. The Labute approximate surface area is 154 Å². The van der Waals surface area contributed by atoms with Gasteiger partial charge in [-0.15, -0.1) is 0 Å². The highest BCUT2D eigenvalue weighted by molar-refractivity contribution is 5.91. The van der Waals surface area contributed by atoms with Crippen molar-refractivity contribution >= 4 is 11.6 Å². The Morgan fingerprint density at radius 1 is 1.19 bits per heavy atom. The molecule has 27 heavy (non-hydrogen) atoms. The third-order valence-electron chi connectivity index (χ3n) is 3.55. The lowest BCUT2D eigenvalue weighted by molar-refractivity contribution is -0.137. The van der Waals surface area contributed by atoms with E-state index in [0.717, 1.165) is 12.1 Å². The molecule has 0 saturated carbocycles. The highest BCUT2D eigenvalue weighted by atomic mass is 19.4. The summed E-state index contributed by atoms with van der Waals surface area (Å²) in [5, 5.41) is 11.9. The van der Waals surface area contributed by atoms with E-state index in [1.807, 2.05) is 6.07 Å². The van der Waals surface area contributed by atoms with Gasteiger partial charge in [-0.2, -0.15) is 18.4 Å². The topological polar surface area (TPSA) is 71.3 Å². The second-order valence-corrected chi connectivity index (χ2v) is 5.59. The summed E-state index contributed by atoms with van der Waals surface area (Å²) in [6, 6.07) is 10.6. The van der Waals surface area contributed by atoms with E-state index in [1.54, 1.807) is 13.2 Å². The number of ether oxygens (including phenoxy) is 2. The number of alkyl halides is 3. The summed E-state index contributed by atoms with van der Waals surface area (Å²) < 4.78 is 48.1.